The molecule has 2 bridgehead atoms. The van der Waals surface area contributed by atoms with Gasteiger partial charge < -0.3 is 0 Å². The first-order valence-corrected chi connectivity index (χ1v) is 7.60. The molecule has 0 saturated heterocycles. The summed E-state index contributed by atoms with van der Waals surface area (Å²) in [5.74, 6) is 0.299. The molecule has 0 heterocycles. The van der Waals surface area contributed by atoms with E-state index >= 15 is 0 Å². The highest BCUT2D eigenvalue weighted by atomic mass is 16.1. The molecule has 1 saturated carbocycles. The summed E-state index contributed by atoms with van der Waals surface area (Å²) in [6, 6.07) is 4.52. The number of nitrogens with zero attached hydrogens (tertiary/aromatic N) is 2. The van der Waals surface area contributed by atoms with Crippen LogP contribution in [0.4, 0.5) is 0 Å². The van der Waals surface area contributed by atoms with Crippen molar-refractivity contribution in [2.45, 2.75) is 46.5 Å². The molecule has 0 aromatic rings. The zero-order valence-electron chi connectivity index (χ0n) is 12.9. The minimum Gasteiger partial charge on any atom is -0.295 e. The van der Waals surface area contributed by atoms with Gasteiger partial charge in [-0.3, -0.25) is 4.79 Å². The molecule has 3 rings (SSSR count). The van der Waals surface area contributed by atoms with Crippen molar-refractivity contribution in [1.82, 2.24) is 0 Å². The van der Waals surface area contributed by atoms with Crippen LogP contribution in [0.1, 0.15) is 46.5 Å². The number of nitriles is 2. The van der Waals surface area contributed by atoms with Gasteiger partial charge in [0.05, 0.1) is 12.1 Å². The molecule has 2 atom stereocenters. The lowest BCUT2D eigenvalue weighted by atomic mass is 9.67. The molecule has 3 aliphatic carbocycles. The van der Waals surface area contributed by atoms with Crippen molar-refractivity contribution in [1.29, 1.82) is 10.5 Å². The summed E-state index contributed by atoms with van der Waals surface area (Å²) >= 11 is 0. The monoisotopic (exact) mass is 280 g/mol. The van der Waals surface area contributed by atoms with Gasteiger partial charge in [-0.2, -0.15) is 10.5 Å². The summed E-state index contributed by atoms with van der Waals surface area (Å²) in [5, 5.41) is 19.6. The van der Waals surface area contributed by atoms with Crippen LogP contribution in [-0.4, -0.2) is 5.78 Å². The maximum Gasteiger partial charge on any atom is 0.186 e. The average molecular weight is 280 g/mol. The van der Waals surface area contributed by atoms with Crippen LogP contribution < -0.4 is 0 Å². The van der Waals surface area contributed by atoms with E-state index in [0.29, 0.717) is 18.4 Å². The van der Waals surface area contributed by atoms with Crippen molar-refractivity contribution in [3.63, 3.8) is 0 Å². The Morgan fingerprint density at radius 3 is 2.29 bits per heavy atom. The van der Waals surface area contributed by atoms with Crippen LogP contribution in [0.5, 0.6) is 0 Å². The summed E-state index contributed by atoms with van der Waals surface area (Å²) in [7, 11) is 0. The van der Waals surface area contributed by atoms with Crippen LogP contribution in [0.3, 0.4) is 0 Å². The summed E-state index contributed by atoms with van der Waals surface area (Å²) in [6.45, 7) is 6.71. The zero-order valence-corrected chi connectivity index (χ0v) is 12.9. The predicted molar refractivity (Wildman–Crippen MR) is 78.7 cm³/mol. The van der Waals surface area contributed by atoms with Crippen LogP contribution >= 0.6 is 0 Å². The molecule has 3 aliphatic rings. The summed E-state index contributed by atoms with van der Waals surface area (Å²) in [6.07, 6.45) is 6.83. The Labute approximate surface area is 125 Å². The molecule has 21 heavy (non-hydrogen) atoms. The summed E-state index contributed by atoms with van der Waals surface area (Å²) in [4.78, 5) is 11.6. The number of hydrogen-bond donors (Lipinski definition) is 0. The minimum absolute atomic E-state index is 0.0362. The molecule has 2 unspecified atom stereocenters. The second-order valence-electron chi connectivity index (χ2n) is 7.44. The fourth-order valence-electron chi connectivity index (χ4n) is 4.52. The van der Waals surface area contributed by atoms with Crippen molar-refractivity contribution >= 4 is 5.78 Å². The molecule has 0 radical (unpaired) electrons. The third kappa shape index (κ3) is 1.55. The number of hydrogen-bond acceptors (Lipinski definition) is 3. The van der Waals surface area contributed by atoms with Gasteiger partial charge in [-0.05, 0) is 53.2 Å². The van der Waals surface area contributed by atoms with E-state index in [2.05, 4.69) is 39.0 Å². The van der Waals surface area contributed by atoms with Crippen molar-refractivity contribution < 1.29 is 4.79 Å². The van der Waals surface area contributed by atoms with Gasteiger partial charge in [0.25, 0.3) is 0 Å². The normalized spacial score (nSPS) is 33.4. The zero-order chi connectivity index (χ0) is 15.5. The lowest BCUT2D eigenvalue weighted by Crippen LogP contribution is -2.30. The quantitative estimate of drug-likeness (QED) is 0.724. The van der Waals surface area contributed by atoms with Crippen LogP contribution in [-0.2, 0) is 4.79 Å². The van der Waals surface area contributed by atoms with Gasteiger partial charge in [-0.15, -0.1) is 0 Å². The largest absolute Gasteiger partial charge is 0.295 e. The van der Waals surface area contributed by atoms with Crippen LogP contribution in [0.2, 0.25) is 0 Å². The Morgan fingerprint density at radius 1 is 1.24 bits per heavy atom. The SMILES string of the molecule is CC12C=C(C(C#N)(C#N)C3=CC(=O)CC3)C(CC1)C2(C)C. The first-order valence-electron chi connectivity index (χ1n) is 7.60. The highest BCUT2D eigenvalue weighted by Gasteiger charge is 2.61. The van der Waals surface area contributed by atoms with Crippen LogP contribution in [0, 0.1) is 44.8 Å². The molecule has 3 heteroatoms. The second-order valence-corrected chi connectivity index (χ2v) is 7.44. The second kappa shape index (κ2) is 4.08. The van der Waals surface area contributed by atoms with E-state index in [9.17, 15) is 15.3 Å². The molecule has 1 fully saturated rings. The molecular weight excluding hydrogens is 260 g/mol. The number of ketones is 1. The standard InChI is InChI=1S/C18H20N2O/c1-16(2)14-6-7-17(16,3)9-15(14)18(10-19,11-20)12-4-5-13(21)8-12/h8-9,14H,4-7H2,1-3H3. The Balaban J connectivity index is 2.15. The van der Waals surface area contributed by atoms with Crippen molar-refractivity contribution in [3.05, 3.63) is 23.3 Å². The maximum atomic E-state index is 11.6. The first kappa shape index (κ1) is 14.1. The molecular formula is C18H20N2O. The Kier molecular flexibility index (Phi) is 2.73. The average Bonchev–Trinajstić information content (AvgIpc) is 3.02. The smallest absolute Gasteiger partial charge is 0.186 e. The third-order valence-electron chi connectivity index (χ3n) is 6.37. The molecule has 0 aromatic heterocycles. The molecule has 0 aromatic carbocycles. The van der Waals surface area contributed by atoms with Gasteiger partial charge in [0.1, 0.15) is 0 Å². The van der Waals surface area contributed by atoms with Gasteiger partial charge in [0.2, 0.25) is 0 Å². The number of allylic oxidation sites excluding steroid dienone is 4. The highest BCUT2D eigenvalue weighted by Crippen LogP contribution is 2.67. The molecule has 3 nitrogen and oxygen atoms in total. The maximum absolute atomic E-state index is 11.6. The van der Waals surface area contributed by atoms with Gasteiger partial charge >= 0.3 is 0 Å². The highest BCUT2D eigenvalue weighted by molar-refractivity contribution is 5.93. The van der Waals surface area contributed by atoms with Crippen LogP contribution in [0.15, 0.2) is 23.3 Å². The van der Waals surface area contributed by atoms with Crippen molar-refractivity contribution in [2.24, 2.45) is 22.2 Å². The lowest BCUT2D eigenvalue weighted by molar-refractivity contribution is -0.114. The van der Waals surface area contributed by atoms with E-state index in [1.54, 1.807) is 0 Å². The predicted octanol–water partition coefficient (Wildman–Crippen LogP) is 3.69. The lowest BCUT2D eigenvalue weighted by Gasteiger charge is -2.34. The van der Waals surface area contributed by atoms with Gasteiger partial charge in [-0.1, -0.05) is 26.8 Å². The Hall–Kier alpha value is -1.87. The van der Waals surface area contributed by atoms with Gasteiger partial charge in [-0.25, -0.2) is 0 Å². The molecule has 108 valence electrons. The molecule has 0 N–H and O–H groups in total. The van der Waals surface area contributed by atoms with Gasteiger partial charge in [0.15, 0.2) is 11.2 Å². The molecule has 0 amide bonds. The fourth-order valence-corrected chi connectivity index (χ4v) is 4.52. The van der Waals surface area contributed by atoms with Crippen LogP contribution in [0.25, 0.3) is 0 Å². The number of rotatable bonds is 2. The summed E-state index contributed by atoms with van der Waals surface area (Å²) < 4.78 is 0. The van der Waals surface area contributed by atoms with Gasteiger partial charge in [0, 0.05) is 6.42 Å². The van der Waals surface area contributed by atoms with Crippen molar-refractivity contribution in [3.8, 4) is 12.1 Å². The Morgan fingerprint density at radius 2 is 1.90 bits per heavy atom. The van der Waals surface area contributed by atoms with E-state index < -0.39 is 5.41 Å². The fraction of sp³-hybridized carbons (Fsp3) is 0.611. The van der Waals surface area contributed by atoms with E-state index in [4.69, 9.17) is 0 Å². The molecule has 0 aliphatic heterocycles. The van der Waals surface area contributed by atoms with E-state index in [-0.39, 0.29) is 22.5 Å². The first-order chi connectivity index (χ1) is 9.80. The number of carbonyl (C=O) groups is 1. The third-order valence-corrected chi connectivity index (χ3v) is 6.37. The van der Waals surface area contributed by atoms with E-state index in [0.717, 1.165) is 18.4 Å². The van der Waals surface area contributed by atoms with E-state index in [1.165, 1.54) is 6.08 Å². The minimum atomic E-state index is -1.23. The summed E-state index contributed by atoms with van der Waals surface area (Å²) in [5.41, 5.74) is 0.550. The number of fused-ring (bicyclic) bond motifs is 2. The van der Waals surface area contributed by atoms with E-state index in [1.807, 2.05) is 0 Å². The number of carbonyl (C=O) groups excluding carboxylic acids is 1. The molecule has 0 spiro atoms. The topological polar surface area (TPSA) is 64.7 Å². The Bertz CT molecular complexity index is 654. The van der Waals surface area contributed by atoms with Crippen molar-refractivity contribution in [2.75, 3.05) is 0 Å².